The maximum atomic E-state index is 12.2. The lowest BCUT2D eigenvalue weighted by molar-refractivity contribution is -0.139. The van der Waals surface area contributed by atoms with E-state index in [9.17, 15) is 9.59 Å². The fraction of sp³-hybridized carbons (Fsp3) is 0.857. The standard InChI is InChI=1S/C14H26N2O4/c1-10(2)6-8-16(11-4-5-11)14(19)15-12(13(17)18)7-9-20-3/h10-12H,4-9H2,1-3H3,(H,15,19)(H,17,18). The van der Waals surface area contributed by atoms with E-state index in [-0.39, 0.29) is 18.5 Å². The van der Waals surface area contributed by atoms with Crippen LogP contribution in [0, 0.1) is 5.92 Å². The molecule has 1 unspecified atom stereocenters. The van der Waals surface area contributed by atoms with Crippen LogP contribution in [0.25, 0.3) is 0 Å². The van der Waals surface area contributed by atoms with Crippen LogP contribution in [0.4, 0.5) is 4.79 Å². The Labute approximate surface area is 120 Å². The van der Waals surface area contributed by atoms with E-state index in [0.29, 0.717) is 19.1 Å². The van der Waals surface area contributed by atoms with Crippen molar-refractivity contribution in [1.82, 2.24) is 10.2 Å². The Hall–Kier alpha value is -1.30. The smallest absolute Gasteiger partial charge is 0.326 e. The second-order valence-electron chi connectivity index (χ2n) is 5.73. The van der Waals surface area contributed by atoms with Crippen LogP contribution >= 0.6 is 0 Å². The zero-order valence-electron chi connectivity index (χ0n) is 12.6. The van der Waals surface area contributed by atoms with Crippen LogP contribution in [0.15, 0.2) is 0 Å². The van der Waals surface area contributed by atoms with Crippen molar-refractivity contribution in [3.63, 3.8) is 0 Å². The predicted octanol–water partition coefficient (Wildman–Crippen LogP) is 1.70. The molecule has 1 rings (SSSR count). The van der Waals surface area contributed by atoms with Crippen molar-refractivity contribution in [3.05, 3.63) is 0 Å². The van der Waals surface area contributed by atoms with Crippen LogP contribution in [0.3, 0.4) is 0 Å². The summed E-state index contributed by atoms with van der Waals surface area (Å²) >= 11 is 0. The van der Waals surface area contributed by atoms with Crippen molar-refractivity contribution >= 4 is 12.0 Å². The van der Waals surface area contributed by atoms with E-state index in [1.165, 1.54) is 7.11 Å². The van der Waals surface area contributed by atoms with Crippen LogP contribution in [-0.2, 0) is 9.53 Å². The van der Waals surface area contributed by atoms with Gasteiger partial charge in [-0.15, -0.1) is 0 Å². The first-order valence-corrected chi connectivity index (χ1v) is 7.24. The lowest BCUT2D eigenvalue weighted by Crippen LogP contribution is -2.49. The van der Waals surface area contributed by atoms with E-state index in [1.807, 2.05) is 0 Å². The van der Waals surface area contributed by atoms with Crippen molar-refractivity contribution in [1.29, 1.82) is 0 Å². The fourth-order valence-electron chi connectivity index (χ4n) is 1.96. The predicted molar refractivity (Wildman–Crippen MR) is 75.6 cm³/mol. The first-order valence-electron chi connectivity index (χ1n) is 7.24. The molecule has 0 aliphatic heterocycles. The number of ether oxygens (including phenoxy) is 1. The molecule has 2 N–H and O–H groups in total. The van der Waals surface area contributed by atoms with Crippen molar-refractivity contribution < 1.29 is 19.4 Å². The molecule has 1 aliphatic rings. The number of methoxy groups -OCH3 is 1. The van der Waals surface area contributed by atoms with E-state index in [2.05, 4.69) is 19.2 Å². The second-order valence-corrected chi connectivity index (χ2v) is 5.73. The Morgan fingerprint density at radius 3 is 2.45 bits per heavy atom. The summed E-state index contributed by atoms with van der Waals surface area (Å²) in [5.41, 5.74) is 0. The van der Waals surface area contributed by atoms with E-state index in [0.717, 1.165) is 19.3 Å². The number of amides is 2. The maximum Gasteiger partial charge on any atom is 0.326 e. The Balaban J connectivity index is 2.52. The van der Waals surface area contributed by atoms with Gasteiger partial charge in [-0.2, -0.15) is 0 Å². The Kier molecular flexibility index (Phi) is 6.78. The summed E-state index contributed by atoms with van der Waals surface area (Å²) in [6.45, 7) is 5.22. The normalized spacial score (nSPS) is 16.0. The summed E-state index contributed by atoms with van der Waals surface area (Å²) in [6, 6.07) is -0.870. The number of carboxylic acids is 1. The third-order valence-electron chi connectivity index (χ3n) is 3.40. The largest absolute Gasteiger partial charge is 0.480 e. The lowest BCUT2D eigenvalue weighted by Gasteiger charge is -2.25. The molecule has 0 radical (unpaired) electrons. The molecule has 0 spiro atoms. The summed E-state index contributed by atoms with van der Waals surface area (Å²) in [5.74, 6) is -0.497. The van der Waals surface area contributed by atoms with Gasteiger partial charge in [-0.3, -0.25) is 0 Å². The van der Waals surface area contributed by atoms with Gasteiger partial charge in [0.05, 0.1) is 0 Å². The average molecular weight is 286 g/mol. The molecule has 6 nitrogen and oxygen atoms in total. The van der Waals surface area contributed by atoms with E-state index >= 15 is 0 Å². The quantitative estimate of drug-likeness (QED) is 0.676. The molecule has 6 heteroatoms. The van der Waals surface area contributed by atoms with Crippen LogP contribution < -0.4 is 5.32 Å². The molecule has 1 fully saturated rings. The van der Waals surface area contributed by atoms with E-state index in [1.54, 1.807) is 4.90 Å². The summed E-state index contributed by atoms with van der Waals surface area (Å²) in [6.07, 6.45) is 3.24. The molecule has 1 atom stereocenters. The van der Waals surface area contributed by atoms with Crippen LogP contribution in [0.5, 0.6) is 0 Å². The number of carboxylic acid groups (broad SMARTS) is 1. The van der Waals surface area contributed by atoms with Gasteiger partial charge in [0.1, 0.15) is 6.04 Å². The highest BCUT2D eigenvalue weighted by molar-refractivity contribution is 5.82. The van der Waals surface area contributed by atoms with Gasteiger partial charge in [0.15, 0.2) is 0 Å². The van der Waals surface area contributed by atoms with Crippen LogP contribution in [-0.4, -0.2) is 54.4 Å². The van der Waals surface area contributed by atoms with Crippen molar-refractivity contribution in [2.24, 2.45) is 5.92 Å². The zero-order valence-corrected chi connectivity index (χ0v) is 12.6. The topological polar surface area (TPSA) is 78.9 Å². The highest BCUT2D eigenvalue weighted by atomic mass is 16.5. The van der Waals surface area contributed by atoms with Gasteiger partial charge >= 0.3 is 12.0 Å². The van der Waals surface area contributed by atoms with Crippen LogP contribution in [0.2, 0.25) is 0 Å². The highest BCUT2D eigenvalue weighted by Crippen LogP contribution is 2.27. The number of nitrogens with zero attached hydrogens (tertiary/aromatic N) is 1. The third-order valence-corrected chi connectivity index (χ3v) is 3.40. The Morgan fingerprint density at radius 2 is 2.00 bits per heavy atom. The van der Waals surface area contributed by atoms with Crippen molar-refractivity contribution in [2.75, 3.05) is 20.3 Å². The second kappa shape index (κ2) is 8.09. The zero-order chi connectivity index (χ0) is 15.1. The number of nitrogens with one attached hydrogen (secondary N) is 1. The maximum absolute atomic E-state index is 12.2. The number of hydrogen-bond donors (Lipinski definition) is 2. The summed E-state index contributed by atoms with van der Waals surface area (Å²) in [7, 11) is 1.51. The minimum atomic E-state index is -1.02. The number of hydrogen-bond acceptors (Lipinski definition) is 3. The third kappa shape index (κ3) is 5.77. The number of aliphatic carboxylic acids is 1. The van der Waals surface area contributed by atoms with Crippen LogP contribution in [0.1, 0.15) is 39.5 Å². The molecule has 0 aromatic rings. The minimum Gasteiger partial charge on any atom is -0.480 e. The Morgan fingerprint density at radius 1 is 1.35 bits per heavy atom. The molecule has 0 saturated heterocycles. The molecule has 1 saturated carbocycles. The Bertz CT molecular complexity index is 329. The molecule has 1 aliphatic carbocycles. The summed E-state index contributed by atoms with van der Waals surface area (Å²) < 4.78 is 4.88. The number of urea groups is 1. The lowest BCUT2D eigenvalue weighted by atomic mass is 10.1. The van der Waals surface area contributed by atoms with E-state index in [4.69, 9.17) is 9.84 Å². The summed E-state index contributed by atoms with van der Waals surface area (Å²) in [5, 5.41) is 11.7. The average Bonchev–Trinajstić information content (AvgIpc) is 3.18. The number of carbonyl (C=O) groups excluding carboxylic acids is 1. The first kappa shape index (κ1) is 16.8. The van der Waals surface area contributed by atoms with Gasteiger partial charge in [0, 0.05) is 32.7 Å². The summed E-state index contributed by atoms with van der Waals surface area (Å²) in [4.78, 5) is 25.1. The van der Waals surface area contributed by atoms with Gasteiger partial charge in [-0.1, -0.05) is 13.8 Å². The highest BCUT2D eigenvalue weighted by Gasteiger charge is 2.33. The van der Waals surface area contributed by atoms with Gasteiger partial charge < -0.3 is 20.1 Å². The number of carbonyl (C=O) groups is 2. The monoisotopic (exact) mass is 286 g/mol. The van der Waals surface area contributed by atoms with Crippen molar-refractivity contribution in [2.45, 2.75) is 51.6 Å². The van der Waals surface area contributed by atoms with Gasteiger partial charge in [0.25, 0.3) is 0 Å². The van der Waals surface area contributed by atoms with Gasteiger partial charge in [-0.25, -0.2) is 9.59 Å². The van der Waals surface area contributed by atoms with E-state index < -0.39 is 12.0 Å². The first-order chi connectivity index (χ1) is 9.45. The molecule has 0 aromatic carbocycles. The van der Waals surface area contributed by atoms with Crippen molar-refractivity contribution in [3.8, 4) is 0 Å². The molecule has 20 heavy (non-hydrogen) atoms. The molecule has 0 aromatic heterocycles. The SMILES string of the molecule is COCCC(NC(=O)N(CCC(C)C)C1CC1)C(=O)O. The molecular formula is C14H26N2O4. The van der Waals surface area contributed by atoms with Gasteiger partial charge in [0.2, 0.25) is 0 Å². The molecule has 116 valence electrons. The molecule has 0 bridgehead atoms. The fourth-order valence-corrected chi connectivity index (χ4v) is 1.96. The molecular weight excluding hydrogens is 260 g/mol. The molecule has 2 amide bonds. The minimum absolute atomic E-state index is 0.267. The number of rotatable bonds is 9. The van der Waals surface area contributed by atoms with Gasteiger partial charge in [-0.05, 0) is 25.2 Å². The molecule has 0 heterocycles.